The molecule has 0 unspecified atom stereocenters. The minimum atomic E-state index is -0.809. The van der Waals surface area contributed by atoms with E-state index < -0.39 is 23.4 Å². The summed E-state index contributed by atoms with van der Waals surface area (Å²) in [6, 6.07) is 3.58. The fourth-order valence-electron chi connectivity index (χ4n) is 1.97. The van der Waals surface area contributed by atoms with Crippen molar-refractivity contribution in [1.82, 2.24) is 9.78 Å². The summed E-state index contributed by atoms with van der Waals surface area (Å²) >= 11 is 11.8. The monoisotopic (exact) mass is 386 g/mol. The van der Waals surface area contributed by atoms with Gasteiger partial charge in [-0.2, -0.15) is 5.10 Å². The van der Waals surface area contributed by atoms with Crippen molar-refractivity contribution in [2.45, 2.75) is 6.92 Å². The number of non-ortho nitro benzene ring substituents is 1. The molecule has 0 bridgehead atoms. The van der Waals surface area contributed by atoms with E-state index in [1.165, 1.54) is 16.8 Å². The quantitative estimate of drug-likeness (QED) is 0.479. The van der Waals surface area contributed by atoms with Crippen molar-refractivity contribution >= 4 is 46.5 Å². The molecule has 0 radical (unpaired) electrons. The molecule has 11 heteroatoms. The first-order valence-electron chi connectivity index (χ1n) is 6.80. The Morgan fingerprint density at radius 1 is 1.40 bits per heavy atom. The zero-order valence-electron chi connectivity index (χ0n) is 13.1. The minimum absolute atomic E-state index is 0.0347. The summed E-state index contributed by atoms with van der Waals surface area (Å²) in [5, 5.41) is 17.3. The molecule has 1 amide bonds. The molecule has 25 heavy (non-hydrogen) atoms. The number of hydrogen-bond donors (Lipinski definition) is 1. The molecule has 1 aromatic heterocycles. The number of aryl methyl sites for hydroxylation is 2. The van der Waals surface area contributed by atoms with Gasteiger partial charge in [-0.05, 0) is 13.0 Å². The summed E-state index contributed by atoms with van der Waals surface area (Å²) in [7, 11) is 1.56. The van der Waals surface area contributed by atoms with E-state index in [-0.39, 0.29) is 27.1 Å². The number of carbonyl (C=O) groups is 2. The molecule has 2 aromatic rings. The Hall–Kier alpha value is -2.65. The number of aromatic nitrogens is 2. The Balaban J connectivity index is 2.03. The molecule has 9 nitrogen and oxygen atoms in total. The molecule has 0 saturated heterocycles. The number of ether oxygens (including phenoxy) is 1. The van der Waals surface area contributed by atoms with Crippen LogP contribution in [0.5, 0.6) is 0 Å². The van der Waals surface area contributed by atoms with Crippen LogP contribution in [0.1, 0.15) is 16.1 Å². The van der Waals surface area contributed by atoms with E-state index in [4.69, 9.17) is 27.9 Å². The highest BCUT2D eigenvalue weighted by atomic mass is 35.5. The van der Waals surface area contributed by atoms with E-state index >= 15 is 0 Å². The van der Waals surface area contributed by atoms with Crippen LogP contribution < -0.4 is 5.32 Å². The highest BCUT2D eigenvalue weighted by Gasteiger charge is 2.21. The van der Waals surface area contributed by atoms with Gasteiger partial charge in [0.1, 0.15) is 10.7 Å². The Bertz CT molecular complexity index is 865. The first-order chi connectivity index (χ1) is 11.7. The van der Waals surface area contributed by atoms with Gasteiger partial charge in [0.2, 0.25) is 0 Å². The van der Waals surface area contributed by atoms with E-state index in [1.54, 1.807) is 14.0 Å². The number of carbonyl (C=O) groups excluding carboxylic acids is 2. The van der Waals surface area contributed by atoms with E-state index in [1.807, 2.05) is 0 Å². The molecular weight excluding hydrogens is 375 g/mol. The van der Waals surface area contributed by atoms with Crippen LogP contribution in [0.15, 0.2) is 18.2 Å². The molecular formula is C14H12Cl2N4O5. The van der Waals surface area contributed by atoms with Crippen molar-refractivity contribution in [3.8, 4) is 0 Å². The number of esters is 1. The van der Waals surface area contributed by atoms with E-state index in [0.717, 1.165) is 6.07 Å². The van der Waals surface area contributed by atoms with Crippen molar-refractivity contribution in [1.29, 1.82) is 0 Å². The van der Waals surface area contributed by atoms with Gasteiger partial charge in [-0.15, -0.1) is 0 Å². The van der Waals surface area contributed by atoms with E-state index in [0.29, 0.717) is 5.69 Å². The topological polar surface area (TPSA) is 116 Å². The number of anilines is 1. The smallest absolute Gasteiger partial charge is 0.343 e. The molecule has 0 fully saturated rings. The fourth-order valence-corrected chi connectivity index (χ4v) is 2.39. The lowest BCUT2D eigenvalue weighted by molar-refractivity contribution is -0.384. The lowest BCUT2D eigenvalue weighted by atomic mass is 10.2. The molecule has 0 saturated carbocycles. The molecule has 0 aliphatic rings. The second-order valence-corrected chi connectivity index (χ2v) is 5.69. The number of nitrogens with zero attached hydrogens (tertiary/aromatic N) is 3. The van der Waals surface area contributed by atoms with Gasteiger partial charge in [0.15, 0.2) is 6.61 Å². The summed E-state index contributed by atoms with van der Waals surface area (Å²) in [6.07, 6.45) is 0. The number of amides is 1. The van der Waals surface area contributed by atoms with Crippen molar-refractivity contribution < 1.29 is 19.2 Å². The third kappa shape index (κ3) is 4.25. The van der Waals surface area contributed by atoms with Gasteiger partial charge in [0.25, 0.3) is 11.6 Å². The highest BCUT2D eigenvalue weighted by molar-refractivity contribution is 6.34. The Labute approximate surface area is 151 Å². The Kier molecular flexibility index (Phi) is 5.60. The standard InChI is InChI=1S/C14H12Cl2N4O5/c1-7-12(13(16)19(2)18-7)14(22)25-6-11(21)17-10-5-8(20(23)24)3-4-9(10)15/h3-5H,6H2,1-2H3,(H,17,21). The van der Waals surface area contributed by atoms with Crippen molar-refractivity contribution in [2.24, 2.45) is 7.05 Å². The van der Waals surface area contributed by atoms with Crippen LogP contribution >= 0.6 is 23.2 Å². The zero-order chi connectivity index (χ0) is 18.7. The maximum atomic E-state index is 12.0. The normalized spacial score (nSPS) is 10.4. The average Bonchev–Trinajstić information content (AvgIpc) is 2.79. The van der Waals surface area contributed by atoms with Crippen LogP contribution in [0, 0.1) is 17.0 Å². The maximum Gasteiger partial charge on any atom is 0.343 e. The molecule has 0 aliphatic heterocycles. The van der Waals surface area contributed by atoms with Gasteiger partial charge >= 0.3 is 5.97 Å². The summed E-state index contributed by atoms with van der Waals surface area (Å²) in [5.41, 5.74) is 0.215. The van der Waals surface area contributed by atoms with Crippen LogP contribution in [-0.4, -0.2) is 33.2 Å². The first-order valence-corrected chi connectivity index (χ1v) is 7.56. The second-order valence-electron chi connectivity index (χ2n) is 4.92. The van der Waals surface area contributed by atoms with Gasteiger partial charge in [0, 0.05) is 19.2 Å². The number of nitrogens with one attached hydrogen (secondary N) is 1. The number of hydrogen-bond acceptors (Lipinski definition) is 6. The van der Waals surface area contributed by atoms with Crippen LogP contribution in [0.3, 0.4) is 0 Å². The molecule has 0 aliphatic carbocycles. The van der Waals surface area contributed by atoms with Gasteiger partial charge in [0.05, 0.1) is 21.3 Å². The summed E-state index contributed by atoms with van der Waals surface area (Å²) in [5.74, 6) is -1.52. The van der Waals surface area contributed by atoms with Crippen molar-refractivity contribution in [3.63, 3.8) is 0 Å². The lowest BCUT2D eigenvalue weighted by Crippen LogP contribution is -2.21. The largest absolute Gasteiger partial charge is 0.452 e. The Morgan fingerprint density at radius 3 is 2.64 bits per heavy atom. The maximum absolute atomic E-state index is 12.0. The molecule has 0 spiro atoms. The first kappa shape index (κ1) is 18.7. The van der Waals surface area contributed by atoms with Gasteiger partial charge < -0.3 is 10.1 Å². The predicted molar refractivity (Wildman–Crippen MR) is 90.0 cm³/mol. The molecule has 2 rings (SSSR count). The number of rotatable bonds is 5. The average molecular weight is 387 g/mol. The molecule has 0 atom stereocenters. The minimum Gasteiger partial charge on any atom is -0.452 e. The van der Waals surface area contributed by atoms with Crippen LogP contribution in [0.2, 0.25) is 10.2 Å². The summed E-state index contributed by atoms with van der Waals surface area (Å²) in [4.78, 5) is 34.0. The van der Waals surface area contributed by atoms with E-state index in [2.05, 4.69) is 10.4 Å². The molecule has 1 heterocycles. The molecule has 1 aromatic carbocycles. The number of nitro benzene ring substituents is 1. The van der Waals surface area contributed by atoms with Crippen LogP contribution in [0.25, 0.3) is 0 Å². The zero-order valence-corrected chi connectivity index (χ0v) is 14.6. The van der Waals surface area contributed by atoms with Crippen LogP contribution in [-0.2, 0) is 16.6 Å². The van der Waals surface area contributed by atoms with Crippen LogP contribution in [0.4, 0.5) is 11.4 Å². The third-order valence-electron chi connectivity index (χ3n) is 3.13. The van der Waals surface area contributed by atoms with Gasteiger partial charge in [-0.25, -0.2) is 4.79 Å². The van der Waals surface area contributed by atoms with E-state index in [9.17, 15) is 19.7 Å². The lowest BCUT2D eigenvalue weighted by Gasteiger charge is -2.08. The highest BCUT2D eigenvalue weighted by Crippen LogP contribution is 2.26. The van der Waals surface area contributed by atoms with Gasteiger partial charge in [-0.1, -0.05) is 23.2 Å². The predicted octanol–water partition coefficient (Wildman–Crippen LogP) is 2.74. The third-order valence-corrected chi connectivity index (χ3v) is 3.89. The number of nitro groups is 1. The van der Waals surface area contributed by atoms with Crippen molar-refractivity contribution in [3.05, 3.63) is 49.7 Å². The SMILES string of the molecule is Cc1nn(C)c(Cl)c1C(=O)OCC(=O)Nc1cc([N+](=O)[O-])ccc1Cl. The fraction of sp³-hybridized carbons (Fsp3) is 0.214. The Morgan fingerprint density at radius 2 is 2.08 bits per heavy atom. The summed E-state index contributed by atoms with van der Waals surface area (Å²) < 4.78 is 6.19. The second kappa shape index (κ2) is 7.49. The number of benzene rings is 1. The van der Waals surface area contributed by atoms with Crippen molar-refractivity contribution in [2.75, 3.05) is 11.9 Å². The molecule has 132 valence electrons. The van der Waals surface area contributed by atoms with Gasteiger partial charge in [-0.3, -0.25) is 19.6 Å². The summed E-state index contributed by atoms with van der Waals surface area (Å²) in [6.45, 7) is 0.952. The molecule has 1 N–H and O–H groups in total. The number of halogens is 2.